The first kappa shape index (κ1) is 18.0. The quantitative estimate of drug-likeness (QED) is 0.838. The molecule has 0 bridgehead atoms. The van der Waals surface area contributed by atoms with Crippen LogP contribution >= 0.6 is 0 Å². The van der Waals surface area contributed by atoms with Crippen molar-refractivity contribution >= 4 is 17.7 Å². The lowest BCUT2D eigenvalue weighted by Gasteiger charge is -2.37. The first-order valence-corrected chi connectivity index (χ1v) is 8.19. The van der Waals surface area contributed by atoms with Gasteiger partial charge < -0.3 is 15.1 Å². The Morgan fingerprint density at radius 2 is 1.54 bits per heavy atom. The Bertz CT molecular complexity index is 605. The zero-order valence-electron chi connectivity index (χ0n) is 14.5. The van der Waals surface area contributed by atoms with Gasteiger partial charge in [-0.05, 0) is 19.4 Å². The average Bonchev–Trinajstić information content (AvgIpc) is 2.59. The van der Waals surface area contributed by atoms with Crippen molar-refractivity contribution in [3.05, 3.63) is 35.9 Å². The predicted molar refractivity (Wildman–Crippen MR) is 90.9 cm³/mol. The van der Waals surface area contributed by atoms with E-state index in [1.165, 1.54) is 6.92 Å². The fraction of sp³-hybridized carbons (Fsp3) is 0.500. The fourth-order valence-electron chi connectivity index (χ4n) is 2.72. The molecule has 2 rings (SSSR count). The Morgan fingerprint density at radius 1 is 1.00 bits per heavy atom. The molecule has 1 saturated heterocycles. The zero-order valence-corrected chi connectivity index (χ0v) is 14.5. The number of rotatable bonds is 4. The molecule has 6 heteroatoms. The molecule has 6 nitrogen and oxygen atoms in total. The van der Waals surface area contributed by atoms with E-state index >= 15 is 0 Å². The summed E-state index contributed by atoms with van der Waals surface area (Å²) in [6.07, 6.45) is 0. The molecule has 0 saturated carbocycles. The van der Waals surface area contributed by atoms with E-state index in [2.05, 4.69) is 5.32 Å². The van der Waals surface area contributed by atoms with Crippen LogP contribution in [0.25, 0.3) is 0 Å². The van der Waals surface area contributed by atoms with Gasteiger partial charge in [-0.3, -0.25) is 14.4 Å². The molecule has 1 N–H and O–H groups in total. The van der Waals surface area contributed by atoms with E-state index < -0.39 is 5.41 Å². The second-order valence-electron chi connectivity index (χ2n) is 6.59. The van der Waals surface area contributed by atoms with Crippen LogP contribution in [0.15, 0.2) is 30.3 Å². The molecule has 0 atom stereocenters. The maximum atomic E-state index is 12.7. The molecule has 1 aromatic rings. The van der Waals surface area contributed by atoms with Gasteiger partial charge in [0.1, 0.15) is 5.41 Å². The van der Waals surface area contributed by atoms with Crippen LogP contribution in [0.4, 0.5) is 0 Å². The lowest BCUT2D eigenvalue weighted by atomic mass is 9.90. The van der Waals surface area contributed by atoms with Crippen LogP contribution in [0, 0.1) is 5.41 Å². The minimum absolute atomic E-state index is 0.0157. The molecule has 130 valence electrons. The molecule has 0 radical (unpaired) electrons. The van der Waals surface area contributed by atoms with Crippen molar-refractivity contribution in [2.24, 2.45) is 5.41 Å². The lowest BCUT2D eigenvalue weighted by molar-refractivity contribution is -0.151. The first-order valence-electron chi connectivity index (χ1n) is 8.19. The lowest BCUT2D eigenvalue weighted by Crippen LogP contribution is -2.56. The Morgan fingerprint density at radius 3 is 2.08 bits per heavy atom. The molecule has 0 unspecified atom stereocenters. The molecule has 0 spiro atoms. The highest BCUT2D eigenvalue weighted by Gasteiger charge is 2.40. The summed E-state index contributed by atoms with van der Waals surface area (Å²) in [6, 6.07) is 9.59. The van der Waals surface area contributed by atoms with E-state index in [-0.39, 0.29) is 17.7 Å². The fourth-order valence-corrected chi connectivity index (χ4v) is 2.72. The number of nitrogens with one attached hydrogen (secondary N) is 1. The standard InChI is InChI=1S/C18H25N3O3/c1-14(22)20-9-11-21(12-10-20)17(24)18(2,3)16(23)19-13-15-7-5-4-6-8-15/h4-8H,9-13H2,1-3H3,(H,19,23). The van der Waals surface area contributed by atoms with Gasteiger partial charge in [-0.2, -0.15) is 0 Å². The SMILES string of the molecule is CC(=O)N1CCN(C(=O)C(C)(C)C(=O)NCc2ccccc2)CC1. The Kier molecular flexibility index (Phi) is 5.59. The molecule has 0 aromatic heterocycles. The van der Waals surface area contributed by atoms with Crippen LogP contribution in [-0.4, -0.2) is 53.7 Å². The third-order valence-electron chi connectivity index (χ3n) is 4.41. The highest BCUT2D eigenvalue weighted by atomic mass is 16.2. The minimum atomic E-state index is -1.13. The Hall–Kier alpha value is -2.37. The van der Waals surface area contributed by atoms with Crippen LogP contribution in [0.1, 0.15) is 26.3 Å². The minimum Gasteiger partial charge on any atom is -0.351 e. The van der Waals surface area contributed by atoms with Gasteiger partial charge in [0, 0.05) is 39.6 Å². The van der Waals surface area contributed by atoms with E-state index in [1.54, 1.807) is 23.6 Å². The Labute approximate surface area is 142 Å². The average molecular weight is 331 g/mol. The number of carbonyl (C=O) groups is 3. The summed E-state index contributed by atoms with van der Waals surface area (Å²) in [5, 5.41) is 2.84. The van der Waals surface area contributed by atoms with Gasteiger partial charge >= 0.3 is 0 Å². The van der Waals surface area contributed by atoms with Crippen LogP contribution in [0.3, 0.4) is 0 Å². The van der Waals surface area contributed by atoms with Gasteiger partial charge in [-0.15, -0.1) is 0 Å². The Balaban J connectivity index is 1.92. The van der Waals surface area contributed by atoms with Crippen LogP contribution < -0.4 is 5.32 Å². The smallest absolute Gasteiger partial charge is 0.237 e. The molecule has 24 heavy (non-hydrogen) atoms. The van der Waals surface area contributed by atoms with Gasteiger partial charge in [-0.1, -0.05) is 30.3 Å². The molecule has 1 aliphatic heterocycles. The van der Waals surface area contributed by atoms with Crippen LogP contribution in [0.2, 0.25) is 0 Å². The highest BCUT2D eigenvalue weighted by molar-refractivity contribution is 6.04. The normalized spacial score (nSPS) is 15.1. The van der Waals surface area contributed by atoms with Gasteiger partial charge in [-0.25, -0.2) is 0 Å². The van der Waals surface area contributed by atoms with Crippen molar-refractivity contribution in [2.75, 3.05) is 26.2 Å². The molecular formula is C18H25N3O3. The number of hydrogen-bond donors (Lipinski definition) is 1. The van der Waals surface area contributed by atoms with E-state index in [0.29, 0.717) is 32.7 Å². The molecule has 1 heterocycles. The van der Waals surface area contributed by atoms with Gasteiger partial charge in [0.05, 0.1) is 0 Å². The van der Waals surface area contributed by atoms with Crippen LogP contribution in [-0.2, 0) is 20.9 Å². The maximum Gasteiger partial charge on any atom is 0.237 e. The number of piperazine rings is 1. The van der Waals surface area contributed by atoms with E-state index in [4.69, 9.17) is 0 Å². The van der Waals surface area contributed by atoms with Crippen molar-refractivity contribution in [2.45, 2.75) is 27.3 Å². The van der Waals surface area contributed by atoms with E-state index in [0.717, 1.165) is 5.56 Å². The van der Waals surface area contributed by atoms with Gasteiger partial charge in [0.15, 0.2) is 0 Å². The van der Waals surface area contributed by atoms with Crippen molar-refractivity contribution in [3.63, 3.8) is 0 Å². The van der Waals surface area contributed by atoms with E-state index in [1.807, 2.05) is 30.3 Å². The van der Waals surface area contributed by atoms with Gasteiger partial charge in [0.2, 0.25) is 17.7 Å². The van der Waals surface area contributed by atoms with Crippen molar-refractivity contribution in [1.82, 2.24) is 15.1 Å². The highest BCUT2D eigenvalue weighted by Crippen LogP contribution is 2.21. The summed E-state index contributed by atoms with van der Waals surface area (Å²) < 4.78 is 0. The number of hydrogen-bond acceptors (Lipinski definition) is 3. The van der Waals surface area contributed by atoms with E-state index in [9.17, 15) is 14.4 Å². The molecule has 3 amide bonds. The number of nitrogens with zero attached hydrogens (tertiary/aromatic N) is 2. The third-order valence-corrected chi connectivity index (χ3v) is 4.41. The number of amides is 3. The van der Waals surface area contributed by atoms with Crippen molar-refractivity contribution in [3.8, 4) is 0 Å². The second-order valence-corrected chi connectivity index (χ2v) is 6.59. The first-order chi connectivity index (χ1) is 11.3. The summed E-state index contributed by atoms with van der Waals surface area (Å²) in [4.78, 5) is 39.9. The predicted octanol–water partition coefficient (Wildman–Crippen LogP) is 1.02. The number of carbonyl (C=O) groups excluding carboxylic acids is 3. The molecular weight excluding hydrogens is 306 g/mol. The number of benzene rings is 1. The monoisotopic (exact) mass is 331 g/mol. The van der Waals surface area contributed by atoms with Crippen molar-refractivity contribution < 1.29 is 14.4 Å². The largest absolute Gasteiger partial charge is 0.351 e. The van der Waals surface area contributed by atoms with Gasteiger partial charge in [0.25, 0.3) is 0 Å². The van der Waals surface area contributed by atoms with Crippen molar-refractivity contribution in [1.29, 1.82) is 0 Å². The third kappa shape index (κ3) is 4.13. The maximum absolute atomic E-state index is 12.7. The topological polar surface area (TPSA) is 69.7 Å². The summed E-state index contributed by atoms with van der Waals surface area (Å²) in [7, 11) is 0. The van der Waals surface area contributed by atoms with Crippen LogP contribution in [0.5, 0.6) is 0 Å². The zero-order chi connectivity index (χ0) is 17.7. The summed E-state index contributed by atoms with van der Waals surface area (Å²) in [5.41, 5.74) is -0.142. The summed E-state index contributed by atoms with van der Waals surface area (Å²) >= 11 is 0. The molecule has 1 aromatic carbocycles. The summed E-state index contributed by atoms with van der Waals surface area (Å²) in [5.74, 6) is -0.469. The molecule has 0 aliphatic carbocycles. The second kappa shape index (κ2) is 7.47. The molecule has 1 fully saturated rings. The summed E-state index contributed by atoms with van der Waals surface area (Å²) in [6.45, 7) is 7.18. The molecule has 1 aliphatic rings.